The number of hydrogen-bond acceptors (Lipinski definition) is 6. The molecule has 3 heterocycles. The van der Waals surface area contributed by atoms with E-state index in [1.165, 1.54) is 23.6 Å². The monoisotopic (exact) mass is 435 g/mol. The molecule has 1 aromatic heterocycles. The first-order valence-corrected chi connectivity index (χ1v) is 11.9. The molecule has 0 saturated carbocycles. The van der Waals surface area contributed by atoms with Crippen LogP contribution in [0.4, 0.5) is 11.8 Å². The van der Waals surface area contributed by atoms with Gasteiger partial charge in [0.25, 0.3) is 0 Å². The number of aromatic nitrogens is 2. The van der Waals surface area contributed by atoms with Crippen molar-refractivity contribution in [3.63, 3.8) is 0 Å². The molecule has 0 aliphatic carbocycles. The van der Waals surface area contributed by atoms with Crippen molar-refractivity contribution in [3.05, 3.63) is 41.0 Å². The highest BCUT2D eigenvalue weighted by Crippen LogP contribution is 2.24. The summed E-state index contributed by atoms with van der Waals surface area (Å²) in [6.07, 6.45) is 3.66. The predicted octanol–water partition coefficient (Wildman–Crippen LogP) is 2.94. The maximum atomic E-state index is 12.9. The molecule has 0 N–H and O–H groups in total. The molecule has 1 aromatic carbocycles. The summed E-state index contributed by atoms with van der Waals surface area (Å²) in [4.78, 5) is 14.1. The average molecular weight is 436 g/mol. The van der Waals surface area contributed by atoms with Gasteiger partial charge in [0, 0.05) is 56.1 Å². The van der Waals surface area contributed by atoms with Crippen molar-refractivity contribution in [2.24, 2.45) is 0 Å². The van der Waals surface area contributed by atoms with Crippen LogP contribution in [-0.4, -0.2) is 62.0 Å². The van der Waals surface area contributed by atoms with Crippen molar-refractivity contribution in [3.8, 4) is 0 Å². The molecule has 9 heteroatoms. The zero-order valence-electron chi connectivity index (χ0n) is 16.6. The predicted molar refractivity (Wildman–Crippen MR) is 115 cm³/mol. The van der Waals surface area contributed by atoms with Gasteiger partial charge in [0.1, 0.15) is 5.82 Å². The molecule has 0 unspecified atom stereocenters. The first kappa shape index (κ1) is 20.4. The summed E-state index contributed by atoms with van der Waals surface area (Å²) in [5, 5.41) is 0.523. The molecule has 2 saturated heterocycles. The number of nitrogens with zero attached hydrogens (tertiary/aromatic N) is 5. The number of hydrogen-bond donors (Lipinski definition) is 0. The third-order valence-electron chi connectivity index (χ3n) is 5.48. The second-order valence-electron chi connectivity index (χ2n) is 7.56. The summed E-state index contributed by atoms with van der Waals surface area (Å²) < 4.78 is 27.3. The van der Waals surface area contributed by atoms with E-state index in [9.17, 15) is 8.42 Å². The van der Waals surface area contributed by atoms with Gasteiger partial charge < -0.3 is 9.80 Å². The normalized spacial score (nSPS) is 18.8. The van der Waals surface area contributed by atoms with Crippen LogP contribution in [0.5, 0.6) is 0 Å². The summed E-state index contributed by atoms with van der Waals surface area (Å²) in [6, 6.07) is 8.36. The topological polar surface area (TPSA) is 69.6 Å². The van der Waals surface area contributed by atoms with Gasteiger partial charge in [-0.1, -0.05) is 11.6 Å². The number of benzene rings is 1. The molecule has 4 rings (SSSR count). The Bertz CT molecular complexity index is 953. The Labute approximate surface area is 177 Å². The smallest absolute Gasteiger partial charge is 0.243 e. The Morgan fingerprint density at radius 2 is 1.52 bits per heavy atom. The molecule has 156 valence electrons. The maximum Gasteiger partial charge on any atom is 0.243 e. The minimum Gasteiger partial charge on any atom is -0.356 e. The van der Waals surface area contributed by atoms with Crippen LogP contribution in [-0.2, 0) is 10.0 Å². The standard InChI is InChI=1S/C20H26ClN5O2S/c1-16-15-19(24-9-3-2-4-10-24)23-20(22-16)25-11-13-26(14-12-25)29(27,28)18-7-5-17(21)6-8-18/h5-8,15H,2-4,9-14H2,1H3. The quantitative estimate of drug-likeness (QED) is 0.735. The molecule has 2 aromatic rings. The number of anilines is 2. The number of halogens is 1. The van der Waals surface area contributed by atoms with E-state index in [0.717, 1.165) is 24.6 Å². The van der Waals surface area contributed by atoms with E-state index < -0.39 is 10.0 Å². The van der Waals surface area contributed by atoms with E-state index in [2.05, 4.69) is 14.8 Å². The van der Waals surface area contributed by atoms with Crippen LogP contribution in [0.2, 0.25) is 5.02 Å². The highest BCUT2D eigenvalue weighted by atomic mass is 35.5. The van der Waals surface area contributed by atoms with Crippen LogP contribution in [0.1, 0.15) is 25.0 Å². The fraction of sp³-hybridized carbons (Fsp3) is 0.500. The van der Waals surface area contributed by atoms with Gasteiger partial charge in [-0.2, -0.15) is 9.29 Å². The number of sulfonamides is 1. The van der Waals surface area contributed by atoms with E-state index in [-0.39, 0.29) is 4.90 Å². The lowest BCUT2D eigenvalue weighted by Gasteiger charge is -2.35. The van der Waals surface area contributed by atoms with E-state index in [4.69, 9.17) is 16.6 Å². The van der Waals surface area contributed by atoms with E-state index in [1.54, 1.807) is 24.3 Å². The highest BCUT2D eigenvalue weighted by Gasteiger charge is 2.29. The van der Waals surface area contributed by atoms with Gasteiger partial charge in [-0.15, -0.1) is 0 Å². The lowest BCUT2D eigenvalue weighted by molar-refractivity contribution is 0.382. The minimum atomic E-state index is -3.52. The van der Waals surface area contributed by atoms with Gasteiger partial charge in [-0.25, -0.2) is 13.4 Å². The van der Waals surface area contributed by atoms with Crippen molar-refractivity contribution in [1.29, 1.82) is 0 Å². The van der Waals surface area contributed by atoms with Crippen LogP contribution in [0.15, 0.2) is 35.2 Å². The maximum absolute atomic E-state index is 12.9. The molecule has 29 heavy (non-hydrogen) atoms. The molecule has 2 aliphatic rings. The van der Waals surface area contributed by atoms with Crippen molar-refractivity contribution in [2.45, 2.75) is 31.1 Å². The first-order chi connectivity index (χ1) is 13.9. The molecule has 0 spiro atoms. The third-order valence-corrected chi connectivity index (χ3v) is 7.65. The fourth-order valence-electron chi connectivity index (χ4n) is 3.85. The van der Waals surface area contributed by atoms with Crippen LogP contribution < -0.4 is 9.80 Å². The number of aryl methyl sites for hydroxylation is 1. The Morgan fingerprint density at radius 1 is 0.862 bits per heavy atom. The second kappa shape index (κ2) is 8.45. The fourth-order valence-corrected chi connectivity index (χ4v) is 5.40. The molecule has 7 nitrogen and oxygen atoms in total. The lowest BCUT2D eigenvalue weighted by atomic mass is 10.1. The number of rotatable bonds is 4. The van der Waals surface area contributed by atoms with Crippen molar-refractivity contribution >= 4 is 33.4 Å². The largest absolute Gasteiger partial charge is 0.356 e. The Kier molecular flexibility index (Phi) is 5.94. The molecule has 2 aliphatic heterocycles. The van der Waals surface area contributed by atoms with E-state index in [0.29, 0.717) is 37.1 Å². The Balaban J connectivity index is 1.47. The molecule has 0 radical (unpaired) electrons. The summed E-state index contributed by atoms with van der Waals surface area (Å²) >= 11 is 5.88. The number of piperidine rings is 1. The SMILES string of the molecule is Cc1cc(N2CCCCC2)nc(N2CCN(S(=O)(=O)c3ccc(Cl)cc3)CC2)n1. The van der Waals surface area contributed by atoms with Gasteiger partial charge in [0.2, 0.25) is 16.0 Å². The molecule has 2 fully saturated rings. The molecular formula is C20H26ClN5O2S. The van der Waals surface area contributed by atoms with Crippen molar-refractivity contribution in [2.75, 3.05) is 49.1 Å². The summed E-state index contributed by atoms with van der Waals surface area (Å²) in [7, 11) is -3.52. The first-order valence-electron chi connectivity index (χ1n) is 10.0. The van der Waals surface area contributed by atoms with E-state index >= 15 is 0 Å². The average Bonchev–Trinajstić information content (AvgIpc) is 2.74. The van der Waals surface area contributed by atoms with Gasteiger partial charge in [-0.05, 0) is 50.5 Å². The Morgan fingerprint density at radius 3 is 2.17 bits per heavy atom. The van der Waals surface area contributed by atoms with Crippen molar-refractivity contribution < 1.29 is 8.42 Å². The van der Waals surface area contributed by atoms with Crippen LogP contribution in [0.3, 0.4) is 0 Å². The number of piperazine rings is 1. The summed E-state index contributed by atoms with van der Waals surface area (Å²) in [5.41, 5.74) is 0.937. The van der Waals surface area contributed by atoms with Gasteiger partial charge in [0.15, 0.2) is 0 Å². The zero-order chi connectivity index (χ0) is 20.4. The molecule has 0 amide bonds. The van der Waals surface area contributed by atoms with Gasteiger partial charge in [0.05, 0.1) is 4.90 Å². The molecule has 0 bridgehead atoms. The van der Waals surface area contributed by atoms with Crippen LogP contribution >= 0.6 is 11.6 Å². The van der Waals surface area contributed by atoms with E-state index in [1.807, 2.05) is 13.0 Å². The summed E-state index contributed by atoms with van der Waals surface area (Å²) in [6.45, 7) is 5.99. The Hall–Kier alpha value is -1.90. The third kappa shape index (κ3) is 4.49. The van der Waals surface area contributed by atoms with Gasteiger partial charge >= 0.3 is 0 Å². The van der Waals surface area contributed by atoms with Crippen LogP contribution in [0.25, 0.3) is 0 Å². The highest BCUT2D eigenvalue weighted by molar-refractivity contribution is 7.89. The second-order valence-corrected chi connectivity index (χ2v) is 9.93. The van der Waals surface area contributed by atoms with Crippen molar-refractivity contribution in [1.82, 2.24) is 14.3 Å². The minimum absolute atomic E-state index is 0.273. The van der Waals surface area contributed by atoms with Crippen LogP contribution in [0, 0.1) is 6.92 Å². The molecule has 0 atom stereocenters. The van der Waals surface area contributed by atoms with Gasteiger partial charge in [-0.3, -0.25) is 0 Å². The zero-order valence-corrected chi connectivity index (χ0v) is 18.2. The molecular weight excluding hydrogens is 410 g/mol. The lowest BCUT2D eigenvalue weighted by Crippen LogP contribution is -2.49. The summed E-state index contributed by atoms with van der Waals surface area (Å²) in [5.74, 6) is 1.66.